The van der Waals surface area contributed by atoms with Crippen molar-refractivity contribution in [1.29, 1.82) is 0 Å². The summed E-state index contributed by atoms with van der Waals surface area (Å²) < 4.78 is 26.9. The maximum absolute atomic E-state index is 12.5. The summed E-state index contributed by atoms with van der Waals surface area (Å²) in [6.07, 6.45) is 0. The molecule has 0 radical (unpaired) electrons. The SMILES string of the molecule is Cc1cc(=O)c(C(=O)NNC(=O)c2cccc(S(=O)(=O)N(C)C)c2)nn1-c1ccc(Cl)cc1. The number of amides is 2. The van der Waals surface area contributed by atoms with Crippen LogP contribution in [0.15, 0.2) is 64.3 Å². The van der Waals surface area contributed by atoms with Gasteiger partial charge in [-0.2, -0.15) is 5.10 Å². The molecule has 172 valence electrons. The molecule has 3 rings (SSSR count). The van der Waals surface area contributed by atoms with Gasteiger partial charge in [0.25, 0.3) is 11.8 Å². The van der Waals surface area contributed by atoms with Crippen molar-refractivity contribution in [3.8, 4) is 5.69 Å². The third-order valence-corrected chi connectivity index (χ3v) is 6.62. The van der Waals surface area contributed by atoms with E-state index in [1.54, 1.807) is 31.2 Å². The molecule has 0 aliphatic heterocycles. The number of halogens is 1. The molecule has 0 bridgehead atoms. The van der Waals surface area contributed by atoms with Crippen LogP contribution in [-0.2, 0) is 10.0 Å². The van der Waals surface area contributed by atoms with Crippen LogP contribution in [0, 0.1) is 6.92 Å². The van der Waals surface area contributed by atoms with E-state index in [1.165, 1.54) is 49.1 Å². The zero-order chi connectivity index (χ0) is 24.3. The number of aromatic nitrogens is 2. The summed E-state index contributed by atoms with van der Waals surface area (Å²) in [7, 11) is -1.01. The molecule has 2 aromatic carbocycles. The number of hydrogen-bond donors (Lipinski definition) is 2. The number of rotatable bonds is 5. The van der Waals surface area contributed by atoms with Crippen LogP contribution in [0.2, 0.25) is 5.02 Å². The van der Waals surface area contributed by atoms with Gasteiger partial charge >= 0.3 is 0 Å². The van der Waals surface area contributed by atoms with Crippen LogP contribution in [0.25, 0.3) is 5.69 Å². The molecule has 0 unspecified atom stereocenters. The first-order chi connectivity index (χ1) is 15.5. The average Bonchev–Trinajstić information content (AvgIpc) is 2.78. The number of hydrazine groups is 1. The van der Waals surface area contributed by atoms with Crippen LogP contribution in [0.4, 0.5) is 0 Å². The Bertz CT molecular complexity index is 1380. The minimum absolute atomic E-state index is 0.00587. The van der Waals surface area contributed by atoms with Crippen molar-refractivity contribution in [2.45, 2.75) is 11.8 Å². The van der Waals surface area contributed by atoms with Crippen LogP contribution in [-0.4, -0.2) is 48.4 Å². The Morgan fingerprint density at radius 1 is 1.00 bits per heavy atom. The molecule has 3 aromatic rings. The largest absolute Gasteiger partial charge is 0.294 e. The Morgan fingerprint density at radius 2 is 1.64 bits per heavy atom. The minimum Gasteiger partial charge on any atom is -0.287 e. The molecule has 1 heterocycles. The van der Waals surface area contributed by atoms with Crippen molar-refractivity contribution in [2.75, 3.05) is 14.1 Å². The van der Waals surface area contributed by atoms with Gasteiger partial charge in [-0.1, -0.05) is 17.7 Å². The van der Waals surface area contributed by atoms with Gasteiger partial charge in [-0.15, -0.1) is 0 Å². The number of benzene rings is 2. The molecule has 33 heavy (non-hydrogen) atoms. The Kier molecular flexibility index (Phi) is 6.96. The second-order valence-electron chi connectivity index (χ2n) is 7.11. The second-order valence-corrected chi connectivity index (χ2v) is 9.70. The fourth-order valence-corrected chi connectivity index (χ4v) is 3.88. The van der Waals surface area contributed by atoms with E-state index >= 15 is 0 Å². The maximum Gasteiger partial charge on any atom is 0.294 e. The fourth-order valence-electron chi connectivity index (χ4n) is 2.80. The van der Waals surface area contributed by atoms with Gasteiger partial charge in [0.05, 0.1) is 10.6 Å². The summed E-state index contributed by atoms with van der Waals surface area (Å²) in [6.45, 7) is 1.65. The van der Waals surface area contributed by atoms with Gasteiger partial charge in [-0.25, -0.2) is 17.4 Å². The van der Waals surface area contributed by atoms with Crippen molar-refractivity contribution in [3.05, 3.63) is 86.8 Å². The molecule has 1 aromatic heterocycles. The Labute approximate surface area is 194 Å². The molecule has 12 heteroatoms. The van der Waals surface area contributed by atoms with Crippen molar-refractivity contribution in [2.24, 2.45) is 0 Å². The van der Waals surface area contributed by atoms with Crippen LogP contribution < -0.4 is 16.3 Å². The minimum atomic E-state index is -3.75. The lowest BCUT2D eigenvalue weighted by Gasteiger charge is -2.13. The first kappa shape index (κ1) is 24.1. The predicted molar refractivity (Wildman–Crippen MR) is 122 cm³/mol. The smallest absolute Gasteiger partial charge is 0.287 e. The molecule has 0 spiro atoms. The standard InChI is InChI=1S/C21H20ClN5O5S/c1-13-11-18(28)19(25-27(13)16-9-7-15(22)8-10-16)21(30)24-23-20(29)14-5-4-6-17(12-14)33(31,32)26(2)3/h4-12H,1-3H3,(H,23,29)(H,24,30). The molecule has 10 nitrogen and oxygen atoms in total. The van der Waals surface area contributed by atoms with Crippen molar-refractivity contribution >= 4 is 33.4 Å². The molecule has 0 aliphatic carbocycles. The summed E-state index contributed by atoms with van der Waals surface area (Å²) in [5.74, 6) is -1.71. The Morgan fingerprint density at radius 3 is 2.27 bits per heavy atom. The third kappa shape index (κ3) is 5.28. The highest BCUT2D eigenvalue weighted by Crippen LogP contribution is 2.15. The normalized spacial score (nSPS) is 11.3. The number of nitrogens with one attached hydrogen (secondary N) is 2. The lowest BCUT2D eigenvalue weighted by molar-refractivity contribution is 0.0842. The lowest BCUT2D eigenvalue weighted by atomic mass is 10.2. The van der Waals surface area contributed by atoms with Gasteiger partial charge in [0.15, 0.2) is 5.69 Å². The molecular formula is C21H20ClN5O5S. The van der Waals surface area contributed by atoms with Gasteiger partial charge in [0.1, 0.15) is 0 Å². The number of nitrogens with zero attached hydrogens (tertiary/aromatic N) is 3. The average molecular weight is 490 g/mol. The van der Waals surface area contributed by atoms with E-state index in [1.807, 2.05) is 0 Å². The summed E-state index contributed by atoms with van der Waals surface area (Å²) in [5.41, 5.74) is 4.27. The van der Waals surface area contributed by atoms with E-state index in [9.17, 15) is 22.8 Å². The van der Waals surface area contributed by atoms with E-state index in [0.29, 0.717) is 16.4 Å². The Hall–Kier alpha value is -3.54. The molecule has 0 saturated carbocycles. The molecule has 0 fully saturated rings. The number of carbonyl (C=O) groups is 2. The summed E-state index contributed by atoms with van der Waals surface area (Å²) in [5, 5.41) is 4.62. The van der Waals surface area contributed by atoms with E-state index in [2.05, 4.69) is 16.0 Å². The first-order valence-electron chi connectivity index (χ1n) is 9.51. The number of aryl methyl sites for hydroxylation is 1. The third-order valence-electron chi connectivity index (χ3n) is 4.56. The van der Waals surface area contributed by atoms with Gasteiger partial charge < -0.3 is 0 Å². The highest BCUT2D eigenvalue weighted by atomic mass is 35.5. The van der Waals surface area contributed by atoms with Crippen molar-refractivity contribution in [1.82, 2.24) is 24.9 Å². The Balaban J connectivity index is 1.80. The van der Waals surface area contributed by atoms with E-state index in [4.69, 9.17) is 11.6 Å². The zero-order valence-corrected chi connectivity index (χ0v) is 19.4. The molecule has 0 aliphatic rings. The highest BCUT2D eigenvalue weighted by molar-refractivity contribution is 7.89. The first-order valence-corrected chi connectivity index (χ1v) is 11.3. The number of hydrogen-bond acceptors (Lipinski definition) is 6. The quantitative estimate of drug-likeness (QED) is 0.522. The van der Waals surface area contributed by atoms with E-state index in [-0.39, 0.29) is 10.5 Å². The van der Waals surface area contributed by atoms with Crippen molar-refractivity contribution in [3.63, 3.8) is 0 Å². The van der Waals surface area contributed by atoms with Crippen LogP contribution in [0.5, 0.6) is 0 Å². The topological polar surface area (TPSA) is 130 Å². The molecule has 0 atom stereocenters. The summed E-state index contributed by atoms with van der Waals surface area (Å²) in [6, 6.07) is 13.2. The molecule has 2 amide bonds. The van der Waals surface area contributed by atoms with Gasteiger partial charge in [-0.05, 0) is 49.4 Å². The van der Waals surface area contributed by atoms with Gasteiger partial charge in [0.2, 0.25) is 15.5 Å². The second kappa shape index (κ2) is 9.53. The van der Waals surface area contributed by atoms with E-state index in [0.717, 1.165) is 4.31 Å². The summed E-state index contributed by atoms with van der Waals surface area (Å²) in [4.78, 5) is 37.2. The molecular weight excluding hydrogens is 470 g/mol. The maximum atomic E-state index is 12.5. The lowest BCUT2D eigenvalue weighted by Crippen LogP contribution is -2.44. The zero-order valence-electron chi connectivity index (χ0n) is 17.9. The summed E-state index contributed by atoms with van der Waals surface area (Å²) >= 11 is 5.90. The van der Waals surface area contributed by atoms with Crippen LogP contribution in [0.1, 0.15) is 26.5 Å². The number of carbonyl (C=O) groups excluding carboxylic acids is 2. The van der Waals surface area contributed by atoms with Gasteiger partial charge in [0, 0.05) is 36.4 Å². The van der Waals surface area contributed by atoms with Crippen LogP contribution >= 0.6 is 11.6 Å². The monoisotopic (exact) mass is 489 g/mol. The number of sulfonamides is 1. The predicted octanol–water partition coefficient (Wildman–Crippen LogP) is 1.52. The molecule has 0 saturated heterocycles. The fraction of sp³-hybridized carbons (Fsp3) is 0.143. The van der Waals surface area contributed by atoms with E-state index < -0.39 is 33.0 Å². The molecule has 2 N–H and O–H groups in total. The van der Waals surface area contributed by atoms with Crippen molar-refractivity contribution < 1.29 is 18.0 Å². The van der Waals surface area contributed by atoms with Crippen LogP contribution in [0.3, 0.4) is 0 Å². The highest BCUT2D eigenvalue weighted by Gasteiger charge is 2.20. The van der Waals surface area contributed by atoms with Gasteiger partial charge in [-0.3, -0.25) is 25.2 Å².